The quantitative estimate of drug-likeness (QED) is 0.516. The Labute approximate surface area is 123 Å². The number of carbonyl (C=O) groups excluding carboxylic acids is 1. The Kier molecular flexibility index (Phi) is 4.36. The number of furan rings is 1. The van der Waals surface area contributed by atoms with Crippen LogP contribution in [0.4, 0.5) is 5.69 Å². The highest BCUT2D eigenvalue weighted by molar-refractivity contribution is 14.1. The van der Waals surface area contributed by atoms with Crippen molar-refractivity contribution in [2.45, 2.75) is 0 Å². The smallest absolute Gasteiger partial charge is 0.266 e. The Morgan fingerprint density at radius 2 is 2.11 bits per heavy atom. The van der Waals surface area contributed by atoms with Crippen molar-refractivity contribution in [1.82, 2.24) is 0 Å². The van der Waals surface area contributed by atoms with Crippen LogP contribution in [0, 0.1) is 14.9 Å². The third-order valence-electron chi connectivity index (χ3n) is 2.32. The van der Waals surface area contributed by atoms with Crippen LogP contribution in [0.2, 0.25) is 0 Å². The third-order valence-corrected chi connectivity index (χ3v) is 3.26. The molecule has 19 heavy (non-hydrogen) atoms. The van der Waals surface area contributed by atoms with Gasteiger partial charge in [-0.2, -0.15) is 5.26 Å². The maximum atomic E-state index is 12.0. The van der Waals surface area contributed by atoms with Gasteiger partial charge < -0.3 is 9.73 Å². The molecular weight excluding hydrogens is 355 g/mol. The molecule has 1 N–H and O–H groups in total. The van der Waals surface area contributed by atoms with E-state index in [1.807, 2.05) is 24.3 Å². The van der Waals surface area contributed by atoms with Crippen molar-refractivity contribution in [2.24, 2.45) is 0 Å². The number of para-hydroxylation sites is 1. The fraction of sp³-hybridized carbons (Fsp3) is 0. The molecule has 2 rings (SSSR count). The van der Waals surface area contributed by atoms with Crippen LogP contribution in [0.25, 0.3) is 6.08 Å². The number of nitrogens with one attached hydrogen (secondary N) is 1. The lowest BCUT2D eigenvalue weighted by Crippen LogP contribution is -2.14. The molecular formula is C14H9IN2O2. The summed E-state index contributed by atoms with van der Waals surface area (Å²) in [4.78, 5) is 12.0. The highest BCUT2D eigenvalue weighted by atomic mass is 127. The van der Waals surface area contributed by atoms with Crippen LogP contribution < -0.4 is 5.32 Å². The van der Waals surface area contributed by atoms with Crippen molar-refractivity contribution in [3.63, 3.8) is 0 Å². The SMILES string of the molecule is N#C/C(=C\c1ccco1)C(=O)Nc1ccccc1I. The van der Waals surface area contributed by atoms with E-state index in [4.69, 9.17) is 9.68 Å². The molecule has 4 nitrogen and oxygen atoms in total. The maximum Gasteiger partial charge on any atom is 0.266 e. The van der Waals surface area contributed by atoms with E-state index in [2.05, 4.69) is 27.9 Å². The fourth-order valence-corrected chi connectivity index (χ4v) is 1.94. The van der Waals surface area contributed by atoms with Crippen molar-refractivity contribution in [3.05, 3.63) is 57.6 Å². The Bertz CT molecular complexity index is 654. The van der Waals surface area contributed by atoms with Gasteiger partial charge in [0.25, 0.3) is 5.91 Å². The molecule has 0 bridgehead atoms. The molecule has 94 valence electrons. The molecule has 1 amide bonds. The fourth-order valence-electron chi connectivity index (χ4n) is 1.42. The number of nitrogens with zero attached hydrogens (tertiary/aromatic N) is 1. The van der Waals surface area contributed by atoms with Crippen LogP contribution in [-0.2, 0) is 4.79 Å². The number of hydrogen-bond acceptors (Lipinski definition) is 3. The average molecular weight is 364 g/mol. The van der Waals surface area contributed by atoms with Crippen molar-refractivity contribution < 1.29 is 9.21 Å². The average Bonchev–Trinajstić information content (AvgIpc) is 2.91. The van der Waals surface area contributed by atoms with Gasteiger partial charge in [0.1, 0.15) is 17.4 Å². The molecule has 1 heterocycles. The van der Waals surface area contributed by atoms with E-state index < -0.39 is 5.91 Å². The number of anilines is 1. The summed E-state index contributed by atoms with van der Waals surface area (Å²) in [5, 5.41) is 11.7. The minimum absolute atomic E-state index is 0.00500. The monoisotopic (exact) mass is 364 g/mol. The number of benzene rings is 1. The van der Waals surface area contributed by atoms with Crippen LogP contribution in [0.1, 0.15) is 5.76 Å². The molecule has 0 aliphatic carbocycles. The number of hydrogen-bond donors (Lipinski definition) is 1. The minimum atomic E-state index is -0.456. The zero-order chi connectivity index (χ0) is 13.7. The summed E-state index contributed by atoms with van der Waals surface area (Å²) in [6.07, 6.45) is 2.89. The van der Waals surface area contributed by atoms with E-state index in [0.29, 0.717) is 11.4 Å². The second kappa shape index (κ2) is 6.20. The Morgan fingerprint density at radius 3 is 2.74 bits per heavy atom. The van der Waals surface area contributed by atoms with Crippen LogP contribution in [-0.4, -0.2) is 5.91 Å². The topological polar surface area (TPSA) is 66.0 Å². The summed E-state index contributed by atoms with van der Waals surface area (Å²) in [6, 6.07) is 12.6. The second-order valence-electron chi connectivity index (χ2n) is 3.62. The predicted molar refractivity (Wildman–Crippen MR) is 80.1 cm³/mol. The summed E-state index contributed by atoms with van der Waals surface area (Å²) < 4.78 is 5.99. The molecule has 0 radical (unpaired) electrons. The van der Waals surface area contributed by atoms with Gasteiger partial charge in [-0.25, -0.2) is 0 Å². The van der Waals surface area contributed by atoms with Crippen LogP contribution in [0.5, 0.6) is 0 Å². The molecule has 1 aromatic heterocycles. The van der Waals surface area contributed by atoms with Crippen LogP contribution in [0.15, 0.2) is 52.7 Å². The minimum Gasteiger partial charge on any atom is -0.465 e. The number of rotatable bonds is 3. The van der Waals surface area contributed by atoms with Crippen LogP contribution in [0.3, 0.4) is 0 Å². The van der Waals surface area contributed by atoms with E-state index in [-0.39, 0.29) is 5.57 Å². The van der Waals surface area contributed by atoms with Gasteiger partial charge in [-0.3, -0.25) is 4.79 Å². The first-order valence-corrected chi connectivity index (χ1v) is 6.50. The standard InChI is InChI=1S/C14H9IN2O2/c15-12-5-1-2-6-13(12)17-14(18)10(9-16)8-11-4-3-7-19-11/h1-8H,(H,17,18)/b10-8+. The zero-order valence-corrected chi connectivity index (χ0v) is 11.9. The van der Waals surface area contributed by atoms with Gasteiger partial charge in [0, 0.05) is 9.65 Å². The summed E-state index contributed by atoms with van der Waals surface area (Å²) >= 11 is 2.12. The summed E-state index contributed by atoms with van der Waals surface area (Å²) in [5.41, 5.74) is 0.670. The summed E-state index contributed by atoms with van der Waals surface area (Å²) in [5.74, 6) is 0.0116. The lowest BCUT2D eigenvalue weighted by molar-refractivity contribution is -0.112. The van der Waals surface area contributed by atoms with E-state index in [1.165, 1.54) is 12.3 Å². The Balaban J connectivity index is 2.19. The molecule has 0 fully saturated rings. The first-order valence-electron chi connectivity index (χ1n) is 5.42. The van der Waals surface area contributed by atoms with E-state index in [1.54, 1.807) is 18.2 Å². The van der Waals surface area contributed by atoms with Crippen molar-refractivity contribution in [3.8, 4) is 6.07 Å². The molecule has 0 aliphatic heterocycles. The lowest BCUT2D eigenvalue weighted by Gasteiger charge is -2.05. The summed E-state index contributed by atoms with van der Waals surface area (Å²) in [7, 11) is 0. The molecule has 0 unspecified atom stereocenters. The normalized spacial score (nSPS) is 10.8. The van der Waals surface area contributed by atoms with E-state index in [9.17, 15) is 4.79 Å². The molecule has 5 heteroatoms. The molecule has 2 aromatic rings. The second-order valence-corrected chi connectivity index (χ2v) is 4.78. The van der Waals surface area contributed by atoms with Gasteiger partial charge in [-0.15, -0.1) is 0 Å². The molecule has 1 aromatic carbocycles. The largest absolute Gasteiger partial charge is 0.465 e. The number of nitriles is 1. The Morgan fingerprint density at radius 1 is 1.32 bits per heavy atom. The number of amides is 1. The summed E-state index contributed by atoms with van der Waals surface area (Å²) in [6.45, 7) is 0. The van der Waals surface area contributed by atoms with Crippen molar-refractivity contribution >= 4 is 40.3 Å². The first-order chi connectivity index (χ1) is 9.20. The van der Waals surface area contributed by atoms with Crippen LogP contribution >= 0.6 is 22.6 Å². The van der Waals surface area contributed by atoms with Gasteiger partial charge >= 0.3 is 0 Å². The highest BCUT2D eigenvalue weighted by Crippen LogP contribution is 2.18. The first kappa shape index (κ1) is 13.4. The van der Waals surface area contributed by atoms with Crippen molar-refractivity contribution in [1.29, 1.82) is 5.26 Å². The van der Waals surface area contributed by atoms with Gasteiger partial charge in [-0.05, 0) is 46.9 Å². The maximum absolute atomic E-state index is 12.0. The lowest BCUT2D eigenvalue weighted by atomic mass is 10.2. The molecule has 0 saturated heterocycles. The molecule has 0 aliphatic rings. The molecule has 0 atom stereocenters. The predicted octanol–water partition coefficient (Wildman–Crippen LogP) is 3.43. The van der Waals surface area contributed by atoms with Gasteiger partial charge in [0.05, 0.1) is 12.0 Å². The van der Waals surface area contributed by atoms with E-state index in [0.717, 1.165) is 3.57 Å². The third kappa shape index (κ3) is 3.45. The highest BCUT2D eigenvalue weighted by Gasteiger charge is 2.11. The zero-order valence-electron chi connectivity index (χ0n) is 9.76. The molecule has 0 spiro atoms. The van der Waals surface area contributed by atoms with Gasteiger partial charge in [0.15, 0.2) is 0 Å². The number of halogens is 1. The Hall–Kier alpha value is -2.07. The van der Waals surface area contributed by atoms with E-state index >= 15 is 0 Å². The molecule has 0 saturated carbocycles. The van der Waals surface area contributed by atoms with Gasteiger partial charge in [-0.1, -0.05) is 12.1 Å². The van der Waals surface area contributed by atoms with Gasteiger partial charge in [0.2, 0.25) is 0 Å². The number of carbonyl (C=O) groups is 1. The van der Waals surface area contributed by atoms with Crippen molar-refractivity contribution in [2.75, 3.05) is 5.32 Å².